The average molecular weight is 253 g/mol. The molecule has 1 aromatic rings. The second-order valence-electron chi connectivity index (χ2n) is 4.98. The van der Waals surface area contributed by atoms with E-state index >= 15 is 0 Å². The van der Waals surface area contributed by atoms with Crippen LogP contribution < -0.4 is 10.6 Å². The summed E-state index contributed by atoms with van der Waals surface area (Å²) >= 11 is 1.73. The predicted octanol–water partition coefficient (Wildman–Crippen LogP) is 2.26. The lowest BCUT2D eigenvalue weighted by atomic mass is 9.85. The molecule has 0 saturated carbocycles. The SMILES string of the molecule is CC(CCNCc1nccs1)C1CCCNC1. The summed E-state index contributed by atoms with van der Waals surface area (Å²) in [5.41, 5.74) is 0. The summed E-state index contributed by atoms with van der Waals surface area (Å²) in [5, 5.41) is 10.2. The second-order valence-corrected chi connectivity index (χ2v) is 5.95. The minimum absolute atomic E-state index is 0.826. The van der Waals surface area contributed by atoms with Crippen molar-refractivity contribution in [3.63, 3.8) is 0 Å². The molecular weight excluding hydrogens is 230 g/mol. The van der Waals surface area contributed by atoms with Crippen LogP contribution in [0.5, 0.6) is 0 Å². The standard InChI is InChI=1S/C13H23N3S/c1-11(12-3-2-5-14-9-12)4-6-15-10-13-16-7-8-17-13/h7-8,11-12,14-15H,2-6,9-10H2,1H3. The minimum Gasteiger partial charge on any atom is -0.316 e. The Balaban J connectivity index is 1.57. The molecule has 1 aliphatic rings. The number of hydrogen-bond acceptors (Lipinski definition) is 4. The summed E-state index contributed by atoms with van der Waals surface area (Å²) < 4.78 is 0. The van der Waals surface area contributed by atoms with Crippen molar-refractivity contribution >= 4 is 11.3 Å². The Hall–Kier alpha value is -0.450. The predicted molar refractivity (Wildman–Crippen MR) is 73.2 cm³/mol. The third-order valence-electron chi connectivity index (χ3n) is 3.68. The van der Waals surface area contributed by atoms with E-state index in [2.05, 4.69) is 22.5 Å². The molecule has 4 heteroatoms. The van der Waals surface area contributed by atoms with Gasteiger partial charge in [-0.15, -0.1) is 11.3 Å². The molecule has 2 unspecified atom stereocenters. The van der Waals surface area contributed by atoms with Crippen molar-refractivity contribution in [2.24, 2.45) is 11.8 Å². The number of aromatic nitrogens is 1. The van der Waals surface area contributed by atoms with Gasteiger partial charge in [-0.2, -0.15) is 0 Å². The van der Waals surface area contributed by atoms with E-state index in [1.807, 2.05) is 11.6 Å². The average Bonchev–Trinajstić information content (AvgIpc) is 2.88. The Morgan fingerprint density at radius 2 is 2.59 bits per heavy atom. The largest absolute Gasteiger partial charge is 0.316 e. The highest BCUT2D eigenvalue weighted by Crippen LogP contribution is 2.21. The summed E-state index contributed by atoms with van der Waals surface area (Å²) in [6.45, 7) is 6.85. The van der Waals surface area contributed by atoms with Crippen molar-refractivity contribution in [2.45, 2.75) is 32.7 Å². The van der Waals surface area contributed by atoms with Crippen LogP contribution in [0.25, 0.3) is 0 Å². The first kappa shape index (κ1) is 13.0. The molecule has 1 saturated heterocycles. The van der Waals surface area contributed by atoms with E-state index in [1.54, 1.807) is 11.3 Å². The van der Waals surface area contributed by atoms with E-state index in [0.717, 1.165) is 24.9 Å². The fourth-order valence-electron chi connectivity index (χ4n) is 2.47. The fourth-order valence-corrected chi connectivity index (χ4v) is 3.05. The molecule has 0 bridgehead atoms. The third-order valence-corrected chi connectivity index (χ3v) is 4.46. The lowest BCUT2D eigenvalue weighted by Gasteiger charge is -2.28. The van der Waals surface area contributed by atoms with Gasteiger partial charge in [0.25, 0.3) is 0 Å². The molecule has 0 aliphatic carbocycles. The summed E-state index contributed by atoms with van der Waals surface area (Å²) in [4.78, 5) is 4.27. The monoisotopic (exact) mass is 253 g/mol. The van der Waals surface area contributed by atoms with Gasteiger partial charge in [0, 0.05) is 18.1 Å². The van der Waals surface area contributed by atoms with Crippen LogP contribution in [0.2, 0.25) is 0 Å². The van der Waals surface area contributed by atoms with Gasteiger partial charge < -0.3 is 10.6 Å². The van der Waals surface area contributed by atoms with Crippen LogP contribution in [0.1, 0.15) is 31.2 Å². The highest BCUT2D eigenvalue weighted by atomic mass is 32.1. The highest BCUT2D eigenvalue weighted by Gasteiger charge is 2.19. The Kier molecular flexibility index (Phi) is 5.42. The van der Waals surface area contributed by atoms with Gasteiger partial charge >= 0.3 is 0 Å². The van der Waals surface area contributed by atoms with Gasteiger partial charge in [-0.1, -0.05) is 6.92 Å². The number of nitrogens with one attached hydrogen (secondary N) is 2. The van der Waals surface area contributed by atoms with E-state index in [-0.39, 0.29) is 0 Å². The molecule has 0 aromatic carbocycles. The van der Waals surface area contributed by atoms with Gasteiger partial charge in [0.15, 0.2) is 0 Å². The lowest BCUT2D eigenvalue weighted by Crippen LogP contribution is -2.34. The van der Waals surface area contributed by atoms with Gasteiger partial charge in [0.05, 0.1) is 0 Å². The number of thiazole rings is 1. The van der Waals surface area contributed by atoms with E-state index in [0.29, 0.717) is 0 Å². The minimum atomic E-state index is 0.826. The van der Waals surface area contributed by atoms with Crippen molar-refractivity contribution in [3.8, 4) is 0 Å². The summed E-state index contributed by atoms with van der Waals surface area (Å²) in [6.07, 6.45) is 5.90. The number of nitrogens with zero attached hydrogens (tertiary/aromatic N) is 1. The summed E-state index contributed by atoms with van der Waals surface area (Å²) in [5.74, 6) is 1.71. The fraction of sp³-hybridized carbons (Fsp3) is 0.769. The molecule has 2 N–H and O–H groups in total. The summed E-state index contributed by atoms with van der Waals surface area (Å²) in [6, 6.07) is 0. The smallest absolute Gasteiger partial charge is 0.106 e. The first-order valence-corrected chi connectivity index (χ1v) is 7.54. The Labute approximate surface area is 108 Å². The molecule has 1 aliphatic heterocycles. The van der Waals surface area contributed by atoms with Crippen LogP contribution >= 0.6 is 11.3 Å². The zero-order chi connectivity index (χ0) is 11.9. The van der Waals surface area contributed by atoms with Crippen molar-refractivity contribution in [1.29, 1.82) is 0 Å². The number of hydrogen-bond donors (Lipinski definition) is 2. The molecule has 1 fully saturated rings. The number of rotatable bonds is 6. The molecule has 1 aromatic heterocycles. The van der Waals surface area contributed by atoms with Crippen LogP contribution in [0.3, 0.4) is 0 Å². The molecule has 0 spiro atoms. The molecule has 96 valence electrons. The molecule has 17 heavy (non-hydrogen) atoms. The van der Waals surface area contributed by atoms with Gasteiger partial charge in [0.1, 0.15) is 5.01 Å². The first-order chi connectivity index (χ1) is 8.36. The van der Waals surface area contributed by atoms with Crippen molar-refractivity contribution in [1.82, 2.24) is 15.6 Å². The maximum Gasteiger partial charge on any atom is 0.106 e. The molecule has 0 radical (unpaired) electrons. The van der Waals surface area contributed by atoms with Crippen molar-refractivity contribution in [3.05, 3.63) is 16.6 Å². The number of piperidine rings is 1. The first-order valence-electron chi connectivity index (χ1n) is 6.66. The van der Waals surface area contributed by atoms with Crippen LogP contribution in [0, 0.1) is 11.8 Å². The lowest BCUT2D eigenvalue weighted by molar-refractivity contribution is 0.266. The van der Waals surface area contributed by atoms with E-state index < -0.39 is 0 Å². The summed E-state index contributed by atoms with van der Waals surface area (Å²) in [7, 11) is 0. The maximum absolute atomic E-state index is 4.27. The molecule has 2 rings (SSSR count). The normalized spacial score (nSPS) is 22.5. The van der Waals surface area contributed by atoms with Gasteiger partial charge in [-0.05, 0) is 50.7 Å². The maximum atomic E-state index is 4.27. The van der Waals surface area contributed by atoms with E-state index in [9.17, 15) is 0 Å². The van der Waals surface area contributed by atoms with Gasteiger partial charge in [-0.3, -0.25) is 0 Å². The molecule has 2 atom stereocenters. The molecular formula is C13H23N3S. The molecule has 3 nitrogen and oxygen atoms in total. The van der Waals surface area contributed by atoms with Crippen LogP contribution in [-0.4, -0.2) is 24.6 Å². The Morgan fingerprint density at radius 3 is 3.29 bits per heavy atom. The van der Waals surface area contributed by atoms with Gasteiger partial charge in [0.2, 0.25) is 0 Å². The molecule has 0 amide bonds. The van der Waals surface area contributed by atoms with Gasteiger partial charge in [-0.25, -0.2) is 4.98 Å². The van der Waals surface area contributed by atoms with Crippen LogP contribution in [0.15, 0.2) is 11.6 Å². The highest BCUT2D eigenvalue weighted by molar-refractivity contribution is 7.09. The Morgan fingerprint density at radius 1 is 1.65 bits per heavy atom. The Bertz CT molecular complexity index is 294. The third kappa shape index (κ3) is 4.37. The zero-order valence-electron chi connectivity index (χ0n) is 10.6. The quantitative estimate of drug-likeness (QED) is 0.764. The van der Waals surface area contributed by atoms with Crippen molar-refractivity contribution < 1.29 is 0 Å². The van der Waals surface area contributed by atoms with Crippen LogP contribution in [0.4, 0.5) is 0 Å². The zero-order valence-corrected chi connectivity index (χ0v) is 11.4. The van der Waals surface area contributed by atoms with E-state index in [4.69, 9.17) is 0 Å². The topological polar surface area (TPSA) is 37.0 Å². The van der Waals surface area contributed by atoms with Crippen molar-refractivity contribution in [2.75, 3.05) is 19.6 Å². The molecule has 2 heterocycles. The second kappa shape index (κ2) is 7.09. The van der Waals surface area contributed by atoms with Crippen LogP contribution in [-0.2, 0) is 6.54 Å². The van der Waals surface area contributed by atoms with E-state index in [1.165, 1.54) is 37.4 Å².